The molecule has 0 saturated heterocycles. The smallest absolute Gasteiger partial charge is 0.352 e. The topological polar surface area (TPSA) is 51.5 Å². The van der Waals surface area contributed by atoms with Crippen LogP contribution in [0, 0.1) is 6.92 Å². The summed E-state index contributed by atoms with van der Waals surface area (Å²) in [6.45, 7) is 5.83. The first-order valence-corrected chi connectivity index (χ1v) is 5.63. The fraction of sp³-hybridized carbons (Fsp3) is 0.583. The Morgan fingerprint density at radius 3 is 2.88 bits per heavy atom. The van der Waals surface area contributed by atoms with Gasteiger partial charge in [-0.15, -0.1) is 0 Å². The van der Waals surface area contributed by atoms with E-state index in [1.807, 2.05) is 6.07 Å². The fourth-order valence-electron chi connectivity index (χ4n) is 1.57. The fourth-order valence-corrected chi connectivity index (χ4v) is 1.57. The van der Waals surface area contributed by atoms with Gasteiger partial charge in [0.25, 0.3) is 0 Å². The normalized spacial score (nSPS) is 10.6. The van der Waals surface area contributed by atoms with Gasteiger partial charge in [-0.2, -0.15) is 0 Å². The summed E-state index contributed by atoms with van der Waals surface area (Å²) in [7, 11) is 0. The van der Waals surface area contributed by atoms with Gasteiger partial charge in [0.15, 0.2) is 0 Å². The van der Waals surface area contributed by atoms with Gasteiger partial charge >= 0.3 is 5.97 Å². The summed E-state index contributed by atoms with van der Waals surface area (Å²) < 4.78 is 7.13. The van der Waals surface area contributed by atoms with E-state index >= 15 is 0 Å². The van der Waals surface area contributed by atoms with Gasteiger partial charge in [-0.1, -0.05) is 13.3 Å². The summed E-state index contributed by atoms with van der Waals surface area (Å²) in [5.74, 6) is -0.879. The van der Waals surface area contributed by atoms with E-state index in [-0.39, 0.29) is 0 Å². The first kappa shape index (κ1) is 12.8. The van der Waals surface area contributed by atoms with Gasteiger partial charge in [0, 0.05) is 19.3 Å². The zero-order valence-electron chi connectivity index (χ0n) is 9.90. The molecule has 1 rings (SSSR count). The molecule has 0 fully saturated rings. The molecule has 0 saturated carbocycles. The van der Waals surface area contributed by atoms with Gasteiger partial charge < -0.3 is 14.4 Å². The maximum atomic E-state index is 11.0. The highest BCUT2D eigenvalue weighted by Gasteiger charge is 2.12. The summed E-state index contributed by atoms with van der Waals surface area (Å²) in [4.78, 5) is 11.0. The van der Waals surface area contributed by atoms with Gasteiger partial charge in [-0.05, 0) is 25.0 Å². The summed E-state index contributed by atoms with van der Waals surface area (Å²) in [6, 6.07) is 1.81. The molecule has 4 nitrogen and oxygen atoms in total. The second-order valence-corrected chi connectivity index (χ2v) is 3.81. The second-order valence-electron chi connectivity index (χ2n) is 3.81. The first-order valence-electron chi connectivity index (χ1n) is 5.63. The maximum Gasteiger partial charge on any atom is 0.352 e. The Balaban J connectivity index is 2.45. The van der Waals surface area contributed by atoms with Crippen molar-refractivity contribution in [3.05, 3.63) is 23.5 Å². The predicted molar refractivity (Wildman–Crippen MR) is 61.9 cm³/mol. The quantitative estimate of drug-likeness (QED) is 0.724. The molecule has 0 bridgehead atoms. The van der Waals surface area contributed by atoms with Crippen molar-refractivity contribution in [3.8, 4) is 0 Å². The molecule has 1 aromatic rings. The summed E-state index contributed by atoms with van der Waals surface area (Å²) in [5, 5.41) is 9.01. The lowest BCUT2D eigenvalue weighted by Gasteiger charge is -2.07. The average molecular weight is 225 g/mol. The van der Waals surface area contributed by atoms with Crippen LogP contribution in [0.15, 0.2) is 12.3 Å². The van der Waals surface area contributed by atoms with Crippen LogP contribution in [0.25, 0.3) is 0 Å². The number of aryl methyl sites for hydroxylation is 1. The molecule has 1 heterocycles. The minimum atomic E-state index is -0.879. The molecule has 0 atom stereocenters. The number of nitrogens with zero attached hydrogens (tertiary/aromatic N) is 1. The van der Waals surface area contributed by atoms with E-state index in [4.69, 9.17) is 9.84 Å². The number of unbranched alkanes of at least 4 members (excludes halogenated alkanes) is 1. The number of rotatable bonds is 7. The lowest BCUT2D eigenvalue weighted by atomic mass is 10.3. The Bertz CT molecular complexity index is 344. The van der Waals surface area contributed by atoms with Gasteiger partial charge in [0.1, 0.15) is 5.69 Å². The van der Waals surface area contributed by atoms with Crippen LogP contribution in [0.2, 0.25) is 0 Å². The largest absolute Gasteiger partial charge is 0.477 e. The Kier molecular flexibility index (Phi) is 5.05. The monoisotopic (exact) mass is 225 g/mol. The Hall–Kier alpha value is -1.29. The number of aromatic carboxylic acids is 1. The molecular weight excluding hydrogens is 206 g/mol. The Morgan fingerprint density at radius 2 is 2.25 bits per heavy atom. The lowest BCUT2D eigenvalue weighted by Crippen LogP contribution is -2.13. The molecule has 1 aromatic heterocycles. The SMILES string of the molecule is CCCCOCCn1ccc(C)c1C(=O)O. The highest BCUT2D eigenvalue weighted by molar-refractivity contribution is 5.87. The molecule has 0 aliphatic rings. The van der Waals surface area contributed by atoms with Crippen LogP contribution < -0.4 is 0 Å². The minimum absolute atomic E-state index is 0.360. The van der Waals surface area contributed by atoms with E-state index < -0.39 is 5.97 Å². The van der Waals surface area contributed by atoms with Crippen LogP contribution in [0.4, 0.5) is 0 Å². The molecule has 4 heteroatoms. The van der Waals surface area contributed by atoms with Crippen LogP contribution in [0.3, 0.4) is 0 Å². The zero-order valence-corrected chi connectivity index (χ0v) is 9.90. The van der Waals surface area contributed by atoms with Crippen LogP contribution >= 0.6 is 0 Å². The number of carboxylic acids is 1. The van der Waals surface area contributed by atoms with E-state index in [1.165, 1.54) is 0 Å². The first-order chi connectivity index (χ1) is 7.66. The third-order valence-corrected chi connectivity index (χ3v) is 2.49. The van der Waals surface area contributed by atoms with Crippen LogP contribution in [-0.4, -0.2) is 28.9 Å². The summed E-state index contributed by atoms with van der Waals surface area (Å²) in [6.07, 6.45) is 3.96. The van der Waals surface area contributed by atoms with Crippen molar-refractivity contribution in [1.82, 2.24) is 4.57 Å². The molecular formula is C12H19NO3. The third kappa shape index (κ3) is 3.38. The van der Waals surface area contributed by atoms with Gasteiger partial charge in [-0.3, -0.25) is 0 Å². The van der Waals surface area contributed by atoms with E-state index in [0.29, 0.717) is 18.8 Å². The minimum Gasteiger partial charge on any atom is -0.477 e. The lowest BCUT2D eigenvalue weighted by molar-refractivity contribution is 0.0679. The molecule has 0 aliphatic heterocycles. The molecule has 0 aliphatic carbocycles. The standard InChI is InChI=1S/C12H19NO3/c1-3-4-8-16-9-7-13-6-5-10(2)11(13)12(14)15/h5-6H,3-4,7-9H2,1-2H3,(H,14,15). The summed E-state index contributed by atoms with van der Waals surface area (Å²) in [5.41, 5.74) is 1.15. The molecule has 0 aromatic carbocycles. The van der Waals surface area contributed by atoms with Crippen LogP contribution in [-0.2, 0) is 11.3 Å². The second kappa shape index (κ2) is 6.33. The number of carboxylic acid groups (broad SMARTS) is 1. The summed E-state index contributed by atoms with van der Waals surface area (Å²) >= 11 is 0. The molecule has 0 unspecified atom stereocenters. The van der Waals surface area contributed by atoms with Crippen molar-refractivity contribution in [2.24, 2.45) is 0 Å². The van der Waals surface area contributed by atoms with Crippen molar-refractivity contribution < 1.29 is 14.6 Å². The molecule has 0 amide bonds. The van der Waals surface area contributed by atoms with Gasteiger partial charge in [0.05, 0.1) is 6.61 Å². The Labute approximate surface area is 95.8 Å². The highest BCUT2D eigenvalue weighted by Crippen LogP contribution is 2.09. The van der Waals surface area contributed by atoms with Crippen LogP contribution in [0.5, 0.6) is 0 Å². The van der Waals surface area contributed by atoms with E-state index in [1.54, 1.807) is 17.7 Å². The van der Waals surface area contributed by atoms with Gasteiger partial charge in [0.2, 0.25) is 0 Å². The van der Waals surface area contributed by atoms with Crippen molar-refractivity contribution in [3.63, 3.8) is 0 Å². The Morgan fingerprint density at radius 1 is 1.50 bits per heavy atom. The molecule has 90 valence electrons. The number of carbonyl (C=O) groups is 1. The number of ether oxygens (including phenoxy) is 1. The van der Waals surface area contributed by atoms with Crippen molar-refractivity contribution >= 4 is 5.97 Å². The molecule has 0 spiro atoms. The highest BCUT2D eigenvalue weighted by atomic mass is 16.5. The number of hydrogen-bond donors (Lipinski definition) is 1. The van der Waals surface area contributed by atoms with Crippen molar-refractivity contribution in [2.75, 3.05) is 13.2 Å². The third-order valence-electron chi connectivity index (χ3n) is 2.49. The zero-order chi connectivity index (χ0) is 12.0. The van der Waals surface area contributed by atoms with Crippen molar-refractivity contribution in [1.29, 1.82) is 0 Å². The molecule has 16 heavy (non-hydrogen) atoms. The molecule has 0 radical (unpaired) electrons. The van der Waals surface area contributed by atoms with Gasteiger partial charge in [-0.25, -0.2) is 4.79 Å². The number of hydrogen-bond acceptors (Lipinski definition) is 2. The number of aromatic nitrogens is 1. The average Bonchev–Trinajstić information content (AvgIpc) is 2.59. The van der Waals surface area contributed by atoms with Crippen LogP contribution in [0.1, 0.15) is 35.8 Å². The molecule has 1 N–H and O–H groups in total. The van der Waals surface area contributed by atoms with E-state index in [0.717, 1.165) is 25.0 Å². The maximum absolute atomic E-state index is 11.0. The predicted octanol–water partition coefficient (Wildman–Crippen LogP) is 2.31. The van der Waals surface area contributed by atoms with E-state index in [9.17, 15) is 4.79 Å². The van der Waals surface area contributed by atoms with Crippen molar-refractivity contribution in [2.45, 2.75) is 33.2 Å². The van der Waals surface area contributed by atoms with E-state index in [2.05, 4.69) is 6.92 Å².